The van der Waals surface area contributed by atoms with Crippen LogP contribution in [0.4, 0.5) is 16.4 Å². The van der Waals surface area contributed by atoms with Gasteiger partial charge in [0.1, 0.15) is 11.6 Å². The zero-order valence-corrected chi connectivity index (χ0v) is 10.4. The van der Waals surface area contributed by atoms with Crippen molar-refractivity contribution in [2.24, 2.45) is 5.73 Å². The zero-order valence-electron chi connectivity index (χ0n) is 10.4. The molecule has 1 aliphatic heterocycles. The fourth-order valence-electron chi connectivity index (χ4n) is 1.79. The highest BCUT2D eigenvalue weighted by molar-refractivity contribution is 5.61. The summed E-state index contributed by atoms with van der Waals surface area (Å²) in [6.07, 6.45) is 2.19. The molecular weight excluding hydrogens is 252 g/mol. The lowest BCUT2D eigenvalue weighted by molar-refractivity contribution is 0.171. The van der Waals surface area contributed by atoms with Crippen molar-refractivity contribution in [3.63, 3.8) is 0 Å². The fraction of sp³-hybridized carbons (Fsp3) is 0.500. The van der Waals surface area contributed by atoms with E-state index in [4.69, 9.17) is 21.0 Å². The Bertz CT molecular complexity index is 491. The Labute approximate surface area is 109 Å². The molecule has 19 heavy (non-hydrogen) atoms. The molecular formula is C10H18N6O3. The number of hydrogen-bond acceptors (Lipinski definition) is 6. The number of aromatic nitrogens is 2. The number of carboxylic acid groups (broad SMARTS) is 1. The third kappa shape index (κ3) is 4.37. The van der Waals surface area contributed by atoms with Gasteiger partial charge in [0.15, 0.2) is 0 Å². The topological polar surface area (TPSA) is 154 Å². The standard InChI is InChI=1S/C9H15N5O.CH3NO2/c10-7-6-8(12-9(11)14(7)15)13-4-2-1-3-5-13;2-1(3)4/h6,11,15H,1-5,10H2;2H2,(H,3,4). The van der Waals surface area contributed by atoms with E-state index in [0.717, 1.165) is 25.9 Å². The molecule has 1 aromatic heterocycles. The van der Waals surface area contributed by atoms with Gasteiger partial charge in [-0.1, -0.05) is 0 Å². The highest BCUT2D eigenvalue weighted by Crippen LogP contribution is 2.17. The maximum Gasteiger partial charge on any atom is 0.402 e. The number of carbonyl (C=O) groups is 1. The Kier molecular flexibility index (Phi) is 4.98. The number of nitrogens with two attached hydrogens (primary N) is 2. The van der Waals surface area contributed by atoms with Crippen molar-refractivity contribution < 1.29 is 15.1 Å². The Morgan fingerprint density at radius 1 is 1.37 bits per heavy atom. The number of hydrogen-bond donors (Lipinski definition) is 5. The summed E-state index contributed by atoms with van der Waals surface area (Å²) in [5.74, 6) is 0.832. The van der Waals surface area contributed by atoms with Gasteiger partial charge in [-0.3, -0.25) is 5.41 Å². The van der Waals surface area contributed by atoms with Gasteiger partial charge in [-0.15, -0.1) is 4.73 Å². The highest BCUT2D eigenvalue weighted by atomic mass is 16.5. The van der Waals surface area contributed by atoms with E-state index in [1.165, 1.54) is 6.42 Å². The molecule has 7 N–H and O–H groups in total. The lowest BCUT2D eigenvalue weighted by Crippen LogP contribution is -2.33. The second kappa shape index (κ2) is 6.47. The predicted molar refractivity (Wildman–Crippen MR) is 68.0 cm³/mol. The van der Waals surface area contributed by atoms with Gasteiger partial charge in [-0.05, 0) is 19.3 Å². The average molecular weight is 270 g/mol. The Morgan fingerprint density at radius 2 is 1.89 bits per heavy atom. The maximum absolute atomic E-state index is 9.25. The van der Waals surface area contributed by atoms with Crippen LogP contribution in [-0.2, 0) is 0 Å². The van der Waals surface area contributed by atoms with Crippen molar-refractivity contribution in [3.8, 4) is 0 Å². The van der Waals surface area contributed by atoms with Crippen LogP contribution in [0.25, 0.3) is 0 Å². The van der Waals surface area contributed by atoms with Gasteiger partial charge >= 0.3 is 6.09 Å². The number of rotatable bonds is 1. The molecule has 106 valence electrons. The van der Waals surface area contributed by atoms with E-state index in [2.05, 4.69) is 15.6 Å². The van der Waals surface area contributed by atoms with E-state index in [1.54, 1.807) is 6.07 Å². The second-order valence-electron chi connectivity index (χ2n) is 4.06. The summed E-state index contributed by atoms with van der Waals surface area (Å²) in [6.45, 7) is 1.89. The molecule has 0 unspecified atom stereocenters. The largest absolute Gasteiger partial charge is 0.465 e. The lowest BCUT2D eigenvalue weighted by atomic mass is 10.1. The van der Waals surface area contributed by atoms with Crippen LogP contribution in [0.5, 0.6) is 0 Å². The summed E-state index contributed by atoms with van der Waals surface area (Å²) in [5, 5.41) is 23.9. The van der Waals surface area contributed by atoms with E-state index in [9.17, 15) is 5.21 Å². The Hall–Kier alpha value is -2.45. The average Bonchev–Trinajstić information content (AvgIpc) is 2.36. The van der Waals surface area contributed by atoms with E-state index in [0.29, 0.717) is 10.5 Å². The van der Waals surface area contributed by atoms with Crippen LogP contribution in [-0.4, -0.2) is 39.2 Å². The first kappa shape index (κ1) is 14.6. The van der Waals surface area contributed by atoms with Crippen molar-refractivity contribution in [3.05, 3.63) is 11.7 Å². The molecule has 1 aliphatic rings. The van der Waals surface area contributed by atoms with Crippen LogP contribution >= 0.6 is 0 Å². The molecule has 0 spiro atoms. The third-order valence-corrected chi connectivity index (χ3v) is 2.62. The molecule has 2 heterocycles. The first-order chi connectivity index (χ1) is 8.91. The van der Waals surface area contributed by atoms with Gasteiger partial charge in [0, 0.05) is 19.2 Å². The van der Waals surface area contributed by atoms with Crippen LogP contribution in [0.2, 0.25) is 0 Å². The Morgan fingerprint density at radius 3 is 2.37 bits per heavy atom. The summed E-state index contributed by atoms with van der Waals surface area (Å²) in [6, 6.07) is 1.60. The predicted octanol–water partition coefficient (Wildman–Crippen LogP) is -0.205. The molecule has 0 saturated carbocycles. The SMILES string of the molecule is N=c1nc(N2CCCCC2)cc(N)n1O.NC(=O)O. The minimum Gasteiger partial charge on any atom is -0.465 e. The van der Waals surface area contributed by atoms with Gasteiger partial charge in [-0.25, -0.2) is 4.79 Å². The van der Waals surface area contributed by atoms with Crippen LogP contribution in [0.1, 0.15) is 19.3 Å². The molecule has 1 aromatic rings. The van der Waals surface area contributed by atoms with Crippen molar-refractivity contribution in [2.75, 3.05) is 23.7 Å². The molecule has 2 rings (SSSR count). The van der Waals surface area contributed by atoms with E-state index in [1.807, 2.05) is 0 Å². The summed E-state index contributed by atoms with van der Waals surface area (Å²) < 4.78 is 0.577. The first-order valence-corrected chi connectivity index (χ1v) is 5.78. The molecule has 9 heteroatoms. The molecule has 1 fully saturated rings. The summed E-state index contributed by atoms with van der Waals surface area (Å²) in [5.41, 5.74) is 9.36. The maximum atomic E-state index is 9.25. The van der Waals surface area contributed by atoms with Crippen LogP contribution in [0.3, 0.4) is 0 Å². The van der Waals surface area contributed by atoms with Crippen molar-refractivity contribution in [1.82, 2.24) is 9.71 Å². The number of amides is 1. The second-order valence-corrected chi connectivity index (χ2v) is 4.06. The zero-order chi connectivity index (χ0) is 14.4. The van der Waals surface area contributed by atoms with Crippen LogP contribution < -0.4 is 22.0 Å². The van der Waals surface area contributed by atoms with Crippen LogP contribution in [0, 0.1) is 5.41 Å². The van der Waals surface area contributed by atoms with E-state index in [-0.39, 0.29) is 11.4 Å². The van der Waals surface area contributed by atoms with Gasteiger partial charge < -0.3 is 26.7 Å². The van der Waals surface area contributed by atoms with Gasteiger partial charge in [0.2, 0.25) is 0 Å². The number of anilines is 2. The normalized spacial score (nSPS) is 14.4. The van der Waals surface area contributed by atoms with Crippen molar-refractivity contribution in [1.29, 1.82) is 5.41 Å². The highest BCUT2D eigenvalue weighted by Gasteiger charge is 2.13. The number of nitrogen functional groups attached to an aromatic ring is 1. The smallest absolute Gasteiger partial charge is 0.402 e. The summed E-state index contributed by atoms with van der Waals surface area (Å²) >= 11 is 0. The fourth-order valence-corrected chi connectivity index (χ4v) is 1.79. The van der Waals surface area contributed by atoms with Crippen molar-refractivity contribution >= 4 is 17.7 Å². The van der Waals surface area contributed by atoms with Gasteiger partial charge in [0.05, 0.1) is 0 Å². The Balaban J connectivity index is 0.000000399. The first-order valence-electron chi connectivity index (χ1n) is 5.78. The molecule has 1 saturated heterocycles. The summed E-state index contributed by atoms with van der Waals surface area (Å²) in [7, 11) is 0. The number of nitrogens with one attached hydrogen (secondary N) is 1. The summed E-state index contributed by atoms with van der Waals surface area (Å²) in [4.78, 5) is 14.9. The van der Waals surface area contributed by atoms with Crippen LogP contribution in [0.15, 0.2) is 6.07 Å². The lowest BCUT2D eigenvalue weighted by Gasteiger charge is -2.27. The molecule has 0 atom stereocenters. The molecule has 0 aromatic carbocycles. The van der Waals surface area contributed by atoms with Gasteiger partial charge in [-0.2, -0.15) is 4.98 Å². The molecule has 0 aliphatic carbocycles. The van der Waals surface area contributed by atoms with E-state index >= 15 is 0 Å². The quantitative estimate of drug-likeness (QED) is 0.445. The number of nitrogens with zero attached hydrogens (tertiary/aromatic N) is 3. The molecule has 0 bridgehead atoms. The monoisotopic (exact) mass is 270 g/mol. The van der Waals surface area contributed by atoms with Gasteiger partial charge in [0.25, 0.3) is 5.62 Å². The third-order valence-electron chi connectivity index (χ3n) is 2.62. The molecule has 1 amide bonds. The minimum atomic E-state index is -1.33. The molecule has 9 nitrogen and oxygen atoms in total. The minimum absolute atomic E-state index is 0.149. The number of piperidine rings is 1. The van der Waals surface area contributed by atoms with E-state index < -0.39 is 6.09 Å². The number of primary amides is 1. The van der Waals surface area contributed by atoms with Crippen molar-refractivity contribution in [2.45, 2.75) is 19.3 Å². The molecule has 0 radical (unpaired) electrons.